The number of nitrogens with zero attached hydrogens (tertiary/aromatic N) is 1. The third-order valence-electron chi connectivity index (χ3n) is 3.07. The molecule has 4 heteroatoms. The number of urea groups is 1. The van der Waals surface area contributed by atoms with E-state index < -0.39 is 0 Å². The van der Waals surface area contributed by atoms with Gasteiger partial charge in [0.15, 0.2) is 0 Å². The number of rotatable bonds is 4. The lowest BCUT2D eigenvalue weighted by molar-refractivity contribution is 0.172. The molecular weight excluding hydrogens is 204 g/mol. The molecule has 1 saturated carbocycles. The summed E-state index contributed by atoms with van der Waals surface area (Å²) >= 11 is 0. The van der Waals surface area contributed by atoms with Crippen molar-refractivity contribution in [3.63, 3.8) is 0 Å². The molecule has 1 atom stereocenters. The van der Waals surface area contributed by atoms with Gasteiger partial charge in [-0.2, -0.15) is 0 Å². The summed E-state index contributed by atoms with van der Waals surface area (Å²) in [5.74, 6) is 0.533. The molecule has 0 aromatic heterocycles. The van der Waals surface area contributed by atoms with Crippen LogP contribution in [0.25, 0.3) is 0 Å². The lowest BCUT2D eigenvalue weighted by Crippen LogP contribution is -2.47. The van der Waals surface area contributed by atoms with Crippen molar-refractivity contribution < 1.29 is 9.53 Å². The molecule has 0 aromatic rings. The largest absolute Gasteiger partial charge is 0.379 e. The molecule has 2 aliphatic rings. The molecule has 2 amide bonds. The molecule has 1 aliphatic carbocycles. The van der Waals surface area contributed by atoms with Gasteiger partial charge in [0, 0.05) is 19.2 Å². The fourth-order valence-electron chi connectivity index (χ4n) is 2.08. The highest BCUT2D eigenvalue weighted by atomic mass is 16.5. The van der Waals surface area contributed by atoms with Gasteiger partial charge >= 0.3 is 6.03 Å². The van der Waals surface area contributed by atoms with Crippen molar-refractivity contribution in [1.29, 1.82) is 0 Å². The van der Waals surface area contributed by atoms with E-state index in [1.54, 1.807) is 0 Å². The molecule has 92 valence electrons. The summed E-state index contributed by atoms with van der Waals surface area (Å²) in [6.07, 6.45) is 3.29. The Hall–Kier alpha value is -0.770. The zero-order valence-corrected chi connectivity index (χ0v) is 10.2. The Morgan fingerprint density at radius 3 is 2.69 bits per heavy atom. The maximum Gasteiger partial charge on any atom is 0.317 e. The first kappa shape index (κ1) is 11.7. The number of hydrogen-bond donors (Lipinski definition) is 1. The van der Waals surface area contributed by atoms with E-state index in [2.05, 4.69) is 19.2 Å². The molecule has 4 nitrogen and oxygen atoms in total. The van der Waals surface area contributed by atoms with Crippen LogP contribution in [0.15, 0.2) is 0 Å². The van der Waals surface area contributed by atoms with Crippen molar-refractivity contribution in [1.82, 2.24) is 10.2 Å². The monoisotopic (exact) mass is 226 g/mol. The highest BCUT2D eigenvalue weighted by Crippen LogP contribution is 2.27. The van der Waals surface area contributed by atoms with E-state index in [4.69, 9.17) is 4.74 Å². The Bertz CT molecular complexity index is 245. The van der Waals surface area contributed by atoms with E-state index in [0.29, 0.717) is 18.6 Å². The number of amides is 2. The number of carbonyl (C=O) groups is 1. The summed E-state index contributed by atoms with van der Waals surface area (Å²) in [5.41, 5.74) is 0. The Balaban J connectivity index is 1.83. The van der Waals surface area contributed by atoms with Crippen LogP contribution in [0.4, 0.5) is 4.79 Å². The summed E-state index contributed by atoms with van der Waals surface area (Å²) in [7, 11) is 0. The molecule has 0 spiro atoms. The van der Waals surface area contributed by atoms with Crippen LogP contribution in [0.5, 0.6) is 0 Å². The van der Waals surface area contributed by atoms with Gasteiger partial charge in [-0.25, -0.2) is 4.79 Å². The van der Waals surface area contributed by atoms with Gasteiger partial charge in [0.2, 0.25) is 0 Å². The SMILES string of the molecule is CC(C)CN(C(=O)NC1CCOC1)C1CC1. The van der Waals surface area contributed by atoms with Crippen LogP contribution in [0.1, 0.15) is 33.1 Å². The standard InChI is InChI=1S/C12H22N2O2/c1-9(2)7-14(11-3-4-11)12(15)13-10-5-6-16-8-10/h9-11H,3-8H2,1-2H3,(H,13,15). The molecule has 1 aliphatic heterocycles. The van der Waals surface area contributed by atoms with Crippen molar-refractivity contribution in [2.75, 3.05) is 19.8 Å². The zero-order valence-electron chi connectivity index (χ0n) is 10.2. The maximum atomic E-state index is 12.1. The summed E-state index contributed by atoms with van der Waals surface area (Å²) < 4.78 is 5.26. The topological polar surface area (TPSA) is 41.6 Å². The van der Waals surface area contributed by atoms with Crippen molar-refractivity contribution in [2.24, 2.45) is 5.92 Å². The van der Waals surface area contributed by atoms with Gasteiger partial charge in [0.25, 0.3) is 0 Å². The lowest BCUT2D eigenvalue weighted by Gasteiger charge is -2.26. The van der Waals surface area contributed by atoms with Gasteiger partial charge in [-0.15, -0.1) is 0 Å². The molecule has 1 unspecified atom stereocenters. The second-order valence-electron chi connectivity index (χ2n) is 5.29. The number of carbonyl (C=O) groups excluding carboxylic acids is 1. The predicted octanol–water partition coefficient (Wildman–Crippen LogP) is 1.61. The average Bonchev–Trinajstić information content (AvgIpc) is 2.94. The molecule has 0 radical (unpaired) electrons. The van der Waals surface area contributed by atoms with Crippen molar-refractivity contribution >= 4 is 6.03 Å². The third-order valence-corrected chi connectivity index (χ3v) is 3.07. The quantitative estimate of drug-likeness (QED) is 0.791. The highest BCUT2D eigenvalue weighted by Gasteiger charge is 2.33. The van der Waals surface area contributed by atoms with Crippen LogP contribution in [0.3, 0.4) is 0 Å². The van der Waals surface area contributed by atoms with Crippen LogP contribution in [-0.2, 0) is 4.74 Å². The summed E-state index contributed by atoms with van der Waals surface area (Å²) in [5, 5.41) is 3.07. The zero-order chi connectivity index (χ0) is 11.5. The van der Waals surface area contributed by atoms with Gasteiger partial charge in [-0.3, -0.25) is 0 Å². The fourth-order valence-corrected chi connectivity index (χ4v) is 2.08. The van der Waals surface area contributed by atoms with Crippen molar-refractivity contribution in [3.05, 3.63) is 0 Å². The Morgan fingerprint density at radius 1 is 1.44 bits per heavy atom. The van der Waals surface area contributed by atoms with Crippen LogP contribution < -0.4 is 5.32 Å². The molecule has 0 bridgehead atoms. The van der Waals surface area contributed by atoms with Gasteiger partial charge in [-0.1, -0.05) is 13.8 Å². The van der Waals surface area contributed by atoms with Crippen LogP contribution in [-0.4, -0.2) is 42.8 Å². The second-order valence-corrected chi connectivity index (χ2v) is 5.29. The molecular formula is C12H22N2O2. The Morgan fingerprint density at radius 2 is 2.19 bits per heavy atom. The first-order valence-corrected chi connectivity index (χ1v) is 6.31. The molecule has 0 aromatic carbocycles. The number of hydrogen-bond acceptors (Lipinski definition) is 2. The number of nitrogens with one attached hydrogen (secondary N) is 1. The maximum absolute atomic E-state index is 12.1. The molecule has 16 heavy (non-hydrogen) atoms. The minimum atomic E-state index is 0.103. The van der Waals surface area contributed by atoms with E-state index in [9.17, 15) is 4.79 Å². The molecule has 1 saturated heterocycles. The molecule has 2 fully saturated rings. The van der Waals surface area contributed by atoms with E-state index >= 15 is 0 Å². The minimum Gasteiger partial charge on any atom is -0.379 e. The van der Waals surface area contributed by atoms with Crippen LogP contribution in [0, 0.1) is 5.92 Å². The number of ether oxygens (including phenoxy) is 1. The van der Waals surface area contributed by atoms with E-state index in [0.717, 1.165) is 19.6 Å². The van der Waals surface area contributed by atoms with Gasteiger partial charge in [-0.05, 0) is 25.2 Å². The second kappa shape index (κ2) is 5.04. The summed E-state index contributed by atoms with van der Waals surface area (Å²) in [6, 6.07) is 0.817. The molecule has 2 rings (SSSR count). The summed E-state index contributed by atoms with van der Waals surface area (Å²) in [4.78, 5) is 14.1. The summed E-state index contributed by atoms with van der Waals surface area (Å²) in [6.45, 7) is 6.62. The van der Waals surface area contributed by atoms with Crippen LogP contribution in [0.2, 0.25) is 0 Å². The lowest BCUT2D eigenvalue weighted by atomic mass is 10.2. The average molecular weight is 226 g/mol. The third kappa shape index (κ3) is 3.11. The first-order chi connectivity index (χ1) is 7.66. The molecule has 1 N–H and O–H groups in total. The Labute approximate surface area is 97.3 Å². The predicted molar refractivity (Wildman–Crippen MR) is 62.3 cm³/mol. The van der Waals surface area contributed by atoms with E-state index in [1.165, 1.54) is 12.8 Å². The Kier molecular flexibility index (Phi) is 3.69. The minimum absolute atomic E-state index is 0.103. The van der Waals surface area contributed by atoms with Gasteiger partial charge < -0.3 is 15.0 Å². The fraction of sp³-hybridized carbons (Fsp3) is 0.917. The van der Waals surface area contributed by atoms with Crippen molar-refractivity contribution in [2.45, 2.75) is 45.2 Å². The molecule has 1 heterocycles. The van der Waals surface area contributed by atoms with Gasteiger partial charge in [0.05, 0.1) is 12.6 Å². The van der Waals surface area contributed by atoms with Gasteiger partial charge in [0.1, 0.15) is 0 Å². The van der Waals surface area contributed by atoms with E-state index in [1.807, 2.05) is 4.90 Å². The van der Waals surface area contributed by atoms with Crippen molar-refractivity contribution in [3.8, 4) is 0 Å². The first-order valence-electron chi connectivity index (χ1n) is 6.31. The normalized spacial score (nSPS) is 24.8. The van der Waals surface area contributed by atoms with Crippen LogP contribution >= 0.6 is 0 Å². The smallest absolute Gasteiger partial charge is 0.317 e. The van der Waals surface area contributed by atoms with E-state index in [-0.39, 0.29) is 12.1 Å². The highest BCUT2D eigenvalue weighted by molar-refractivity contribution is 5.75.